The lowest BCUT2D eigenvalue weighted by Gasteiger charge is -2.28. The molecule has 0 aliphatic carbocycles. The number of rotatable bonds is 2. The Bertz CT molecular complexity index is 733. The molecular formula is C16H16N4O3. The predicted octanol–water partition coefficient (Wildman–Crippen LogP) is 2.47. The Balaban J connectivity index is 1.84. The molecule has 1 aromatic carbocycles. The molecule has 0 saturated carbocycles. The van der Waals surface area contributed by atoms with Crippen LogP contribution in [0.5, 0.6) is 5.75 Å². The molecule has 2 heterocycles. The lowest BCUT2D eigenvalue weighted by molar-refractivity contribution is -0.114. The van der Waals surface area contributed by atoms with Crippen molar-refractivity contribution >= 4 is 29.3 Å². The normalized spacial score (nSPS) is 12.8. The van der Waals surface area contributed by atoms with Gasteiger partial charge in [0.1, 0.15) is 12.4 Å². The van der Waals surface area contributed by atoms with Gasteiger partial charge in [-0.15, -0.1) is 0 Å². The molecule has 2 aromatic rings. The average Bonchev–Trinajstić information content (AvgIpc) is 2.54. The number of nitrogens with zero attached hydrogens (tertiary/aromatic N) is 2. The highest BCUT2D eigenvalue weighted by atomic mass is 16.5. The van der Waals surface area contributed by atoms with Crippen molar-refractivity contribution in [3.05, 3.63) is 42.5 Å². The number of nitrogens with one attached hydrogen (secondary N) is 2. The summed E-state index contributed by atoms with van der Waals surface area (Å²) >= 11 is 0. The number of pyridine rings is 1. The third-order valence-electron chi connectivity index (χ3n) is 3.24. The van der Waals surface area contributed by atoms with Crippen molar-refractivity contribution < 1.29 is 14.3 Å². The molecule has 0 saturated heterocycles. The molecule has 0 unspecified atom stereocenters. The van der Waals surface area contributed by atoms with Crippen molar-refractivity contribution in [2.45, 2.75) is 6.92 Å². The maximum atomic E-state index is 12.5. The fraction of sp³-hybridized carbons (Fsp3) is 0.188. The highest BCUT2D eigenvalue weighted by molar-refractivity contribution is 6.02. The maximum absolute atomic E-state index is 12.5. The average molecular weight is 312 g/mol. The quantitative estimate of drug-likeness (QED) is 0.892. The Morgan fingerprint density at radius 2 is 1.91 bits per heavy atom. The third-order valence-corrected chi connectivity index (χ3v) is 3.24. The highest BCUT2D eigenvalue weighted by Crippen LogP contribution is 2.31. The van der Waals surface area contributed by atoms with Crippen LogP contribution in [0, 0.1) is 0 Å². The monoisotopic (exact) mass is 312 g/mol. The van der Waals surface area contributed by atoms with Gasteiger partial charge in [0.05, 0.1) is 6.54 Å². The number of ether oxygens (including phenoxy) is 1. The van der Waals surface area contributed by atoms with E-state index in [4.69, 9.17) is 4.74 Å². The zero-order valence-electron chi connectivity index (χ0n) is 12.6. The number of hydrogen-bond acceptors (Lipinski definition) is 4. The molecule has 0 bridgehead atoms. The molecule has 0 spiro atoms. The molecule has 7 nitrogen and oxygen atoms in total. The van der Waals surface area contributed by atoms with Gasteiger partial charge in [-0.25, -0.2) is 9.78 Å². The zero-order chi connectivity index (χ0) is 16.2. The van der Waals surface area contributed by atoms with Gasteiger partial charge in [-0.1, -0.05) is 18.2 Å². The van der Waals surface area contributed by atoms with E-state index in [2.05, 4.69) is 15.6 Å². The molecule has 23 heavy (non-hydrogen) atoms. The van der Waals surface area contributed by atoms with Crippen LogP contribution >= 0.6 is 0 Å². The van der Waals surface area contributed by atoms with Crippen molar-refractivity contribution in [1.82, 2.24) is 4.98 Å². The van der Waals surface area contributed by atoms with E-state index in [1.807, 2.05) is 18.2 Å². The van der Waals surface area contributed by atoms with Crippen LogP contribution in [0.1, 0.15) is 6.92 Å². The molecule has 7 heteroatoms. The van der Waals surface area contributed by atoms with Crippen LogP contribution in [0.4, 0.5) is 22.1 Å². The van der Waals surface area contributed by atoms with E-state index in [9.17, 15) is 9.59 Å². The zero-order valence-corrected chi connectivity index (χ0v) is 12.6. The molecule has 3 rings (SSSR count). The minimum atomic E-state index is -0.298. The molecular weight excluding hydrogens is 296 g/mol. The Labute approximate surface area is 133 Å². The first kappa shape index (κ1) is 14.8. The first-order valence-electron chi connectivity index (χ1n) is 7.18. The van der Waals surface area contributed by atoms with Crippen LogP contribution in [0.3, 0.4) is 0 Å². The Morgan fingerprint density at radius 1 is 1.13 bits per heavy atom. The van der Waals surface area contributed by atoms with Gasteiger partial charge in [0, 0.05) is 12.6 Å². The molecule has 3 amide bonds. The van der Waals surface area contributed by atoms with Crippen LogP contribution in [0.2, 0.25) is 0 Å². The fourth-order valence-electron chi connectivity index (χ4n) is 2.25. The topological polar surface area (TPSA) is 83.6 Å². The standard InChI is InChI=1S/C16H16N4O3/c1-11(21)17-14-8-7-13-15(19-14)20(9-10-23-13)16(22)18-12-5-3-2-4-6-12/h2-8H,9-10H2,1H3,(H,18,22)(H,17,19,21). The number of fused-ring (bicyclic) bond motifs is 1. The maximum Gasteiger partial charge on any atom is 0.327 e. The molecule has 1 aromatic heterocycles. The van der Waals surface area contributed by atoms with Gasteiger partial charge >= 0.3 is 6.03 Å². The van der Waals surface area contributed by atoms with E-state index in [0.717, 1.165) is 0 Å². The summed E-state index contributed by atoms with van der Waals surface area (Å²) in [7, 11) is 0. The summed E-state index contributed by atoms with van der Waals surface area (Å²) in [5.74, 6) is 1.04. The second-order valence-electron chi connectivity index (χ2n) is 5.00. The summed E-state index contributed by atoms with van der Waals surface area (Å²) in [6.07, 6.45) is 0. The highest BCUT2D eigenvalue weighted by Gasteiger charge is 2.25. The van der Waals surface area contributed by atoms with E-state index in [1.54, 1.807) is 24.3 Å². The predicted molar refractivity (Wildman–Crippen MR) is 86.8 cm³/mol. The number of anilines is 3. The van der Waals surface area contributed by atoms with E-state index < -0.39 is 0 Å². The molecule has 2 N–H and O–H groups in total. The van der Waals surface area contributed by atoms with Gasteiger partial charge in [-0.05, 0) is 24.3 Å². The Hall–Kier alpha value is -3.09. The number of urea groups is 1. The van der Waals surface area contributed by atoms with Gasteiger partial charge in [-0.3, -0.25) is 9.69 Å². The summed E-state index contributed by atoms with van der Waals surface area (Å²) < 4.78 is 5.52. The van der Waals surface area contributed by atoms with E-state index in [-0.39, 0.29) is 11.9 Å². The van der Waals surface area contributed by atoms with Crippen LogP contribution in [0.25, 0.3) is 0 Å². The molecule has 0 fully saturated rings. The fourth-order valence-corrected chi connectivity index (χ4v) is 2.25. The second kappa shape index (κ2) is 6.35. The summed E-state index contributed by atoms with van der Waals surface area (Å²) in [5, 5.41) is 5.42. The van der Waals surface area contributed by atoms with Crippen molar-refractivity contribution in [3.8, 4) is 5.75 Å². The summed E-state index contributed by atoms with van der Waals surface area (Å²) in [6.45, 7) is 2.16. The summed E-state index contributed by atoms with van der Waals surface area (Å²) in [6, 6.07) is 12.2. The van der Waals surface area contributed by atoms with Crippen molar-refractivity contribution in [2.24, 2.45) is 0 Å². The van der Waals surface area contributed by atoms with E-state index in [1.165, 1.54) is 11.8 Å². The largest absolute Gasteiger partial charge is 0.488 e. The first-order chi connectivity index (χ1) is 11.1. The van der Waals surface area contributed by atoms with Crippen molar-refractivity contribution in [3.63, 3.8) is 0 Å². The van der Waals surface area contributed by atoms with Gasteiger partial charge in [-0.2, -0.15) is 0 Å². The van der Waals surface area contributed by atoms with Gasteiger partial charge in [0.2, 0.25) is 5.91 Å². The number of benzene rings is 1. The van der Waals surface area contributed by atoms with Crippen LogP contribution < -0.4 is 20.3 Å². The minimum Gasteiger partial charge on any atom is -0.488 e. The third kappa shape index (κ3) is 3.39. The van der Waals surface area contributed by atoms with Crippen molar-refractivity contribution in [1.29, 1.82) is 0 Å². The second-order valence-corrected chi connectivity index (χ2v) is 5.00. The van der Waals surface area contributed by atoms with E-state index in [0.29, 0.717) is 36.2 Å². The van der Waals surface area contributed by atoms with Crippen molar-refractivity contribution in [2.75, 3.05) is 28.7 Å². The number of carbonyl (C=O) groups is 2. The lowest BCUT2D eigenvalue weighted by atomic mass is 10.3. The number of hydrogen-bond donors (Lipinski definition) is 2. The molecule has 118 valence electrons. The molecule has 0 atom stereocenters. The number of carbonyl (C=O) groups excluding carboxylic acids is 2. The minimum absolute atomic E-state index is 0.227. The Morgan fingerprint density at radius 3 is 2.65 bits per heavy atom. The number of amides is 3. The molecule has 0 radical (unpaired) electrons. The number of para-hydroxylation sites is 1. The first-order valence-corrected chi connectivity index (χ1v) is 7.18. The number of aromatic nitrogens is 1. The van der Waals surface area contributed by atoms with Gasteiger partial charge in [0.25, 0.3) is 0 Å². The van der Waals surface area contributed by atoms with Gasteiger partial charge in [0.15, 0.2) is 11.6 Å². The molecule has 1 aliphatic heterocycles. The van der Waals surface area contributed by atoms with Crippen LogP contribution in [-0.2, 0) is 4.79 Å². The van der Waals surface area contributed by atoms with Crippen LogP contribution in [0.15, 0.2) is 42.5 Å². The SMILES string of the molecule is CC(=O)Nc1ccc2c(n1)N(C(=O)Nc1ccccc1)CCO2. The smallest absolute Gasteiger partial charge is 0.327 e. The van der Waals surface area contributed by atoms with Gasteiger partial charge < -0.3 is 15.4 Å². The molecule has 1 aliphatic rings. The lowest BCUT2D eigenvalue weighted by Crippen LogP contribution is -2.41. The van der Waals surface area contributed by atoms with E-state index >= 15 is 0 Å². The summed E-state index contributed by atoms with van der Waals surface area (Å²) in [4.78, 5) is 29.5. The van der Waals surface area contributed by atoms with Crippen LogP contribution in [-0.4, -0.2) is 30.1 Å². The Kier molecular flexibility index (Phi) is 4.09. The summed E-state index contributed by atoms with van der Waals surface area (Å²) in [5.41, 5.74) is 0.698.